The fourth-order valence-corrected chi connectivity index (χ4v) is 3.56. The van der Waals surface area contributed by atoms with Crippen molar-refractivity contribution in [2.45, 2.75) is 39.7 Å². The molecule has 1 aliphatic heterocycles. The van der Waals surface area contributed by atoms with Crippen molar-refractivity contribution in [1.29, 1.82) is 0 Å². The van der Waals surface area contributed by atoms with Gasteiger partial charge in [0.15, 0.2) is 5.96 Å². The molecule has 168 valence electrons. The number of aryl methyl sites for hydroxylation is 1. The van der Waals surface area contributed by atoms with Gasteiger partial charge in [0.1, 0.15) is 5.75 Å². The SMILES string of the molecule is CCNC(=NCc1ccc(N2CCCC2=O)cc1)NCCc1ccc(C)c(OC)c1.I. The molecule has 1 saturated heterocycles. The van der Waals surface area contributed by atoms with Crippen LogP contribution in [0.25, 0.3) is 0 Å². The van der Waals surface area contributed by atoms with E-state index < -0.39 is 0 Å². The number of guanidine groups is 1. The van der Waals surface area contributed by atoms with Gasteiger partial charge in [-0.3, -0.25) is 4.79 Å². The summed E-state index contributed by atoms with van der Waals surface area (Å²) in [5.41, 5.74) is 4.46. The molecule has 0 aromatic heterocycles. The first kappa shape index (κ1) is 25.0. The molecular weight excluding hydrogens is 503 g/mol. The molecule has 31 heavy (non-hydrogen) atoms. The zero-order valence-corrected chi connectivity index (χ0v) is 20.9. The predicted molar refractivity (Wildman–Crippen MR) is 138 cm³/mol. The maximum atomic E-state index is 11.9. The number of carbonyl (C=O) groups is 1. The molecule has 6 nitrogen and oxygen atoms in total. The van der Waals surface area contributed by atoms with Gasteiger partial charge in [-0.15, -0.1) is 24.0 Å². The van der Waals surface area contributed by atoms with Crippen molar-refractivity contribution in [1.82, 2.24) is 10.6 Å². The number of ether oxygens (including phenoxy) is 1. The van der Waals surface area contributed by atoms with Crippen LogP contribution in [0.5, 0.6) is 5.75 Å². The van der Waals surface area contributed by atoms with Gasteiger partial charge in [-0.25, -0.2) is 4.99 Å². The van der Waals surface area contributed by atoms with E-state index >= 15 is 0 Å². The summed E-state index contributed by atoms with van der Waals surface area (Å²) < 4.78 is 5.41. The number of carbonyl (C=O) groups excluding carboxylic acids is 1. The summed E-state index contributed by atoms with van der Waals surface area (Å²) in [6.45, 7) is 7.10. The third-order valence-corrected chi connectivity index (χ3v) is 5.26. The summed E-state index contributed by atoms with van der Waals surface area (Å²) in [5.74, 6) is 1.94. The number of nitrogens with zero attached hydrogens (tertiary/aromatic N) is 2. The van der Waals surface area contributed by atoms with Crippen molar-refractivity contribution < 1.29 is 9.53 Å². The van der Waals surface area contributed by atoms with Gasteiger partial charge in [0.25, 0.3) is 0 Å². The van der Waals surface area contributed by atoms with Gasteiger partial charge in [0, 0.05) is 31.7 Å². The molecule has 0 unspecified atom stereocenters. The standard InChI is InChI=1S/C24H32N4O2.HI/c1-4-25-24(26-14-13-19-8-7-18(2)22(16-19)30-3)27-17-20-9-11-21(12-10-20)28-15-5-6-23(28)29;/h7-12,16H,4-6,13-15,17H2,1-3H3,(H2,25,26,27);1H. The van der Waals surface area contributed by atoms with Crippen LogP contribution in [0.3, 0.4) is 0 Å². The van der Waals surface area contributed by atoms with Crippen molar-refractivity contribution >= 4 is 41.5 Å². The van der Waals surface area contributed by atoms with Crippen LogP contribution in [-0.2, 0) is 17.8 Å². The van der Waals surface area contributed by atoms with Gasteiger partial charge < -0.3 is 20.3 Å². The summed E-state index contributed by atoms with van der Waals surface area (Å²) in [5, 5.41) is 6.69. The third kappa shape index (κ3) is 7.12. The molecule has 3 rings (SSSR count). The summed E-state index contributed by atoms with van der Waals surface area (Å²) in [4.78, 5) is 18.4. The van der Waals surface area contributed by atoms with Crippen LogP contribution in [-0.4, -0.2) is 38.6 Å². The first-order valence-corrected chi connectivity index (χ1v) is 10.7. The van der Waals surface area contributed by atoms with E-state index in [-0.39, 0.29) is 29.9 Å². The second-order valence-corrected chi connectivity index (χ2v) is 7.49. The molecule has 2 aromatic rings. The minimum Gasteiger partial charge on any atom is -0.496 e. The topological polar surface area (TPSA) is 66.0 Å². The van der Waals surface area contributed by atoms with Crippen molar-refractivity contribution in [2.24, 2.45) is 4.99 Å². The minimum absolute atomic E-state index is 0. The first-order chi connectivity index (χ1) is 14.6. The highest BCUT2D eigenvalue weighted by atomic mass is 127. The Hall–Kier alpha value is -2.29. The fourth-order valence-electron chi connectivity index (χ4n) is 3.56. The van der Waals surface area contributed by atoms with Crippen molar-refractivity contribution in [3.63, 3.8) is 0 Å². The second kappa shape index (κ2) is 12.5. The molecule has 0 atom stereocenters. The number of amides is 1. The van der Waals surface area contributed by atoms with Gasteiger partial charge in [0.2, 0.25) is 5.91 Å². The van der Waals surface area contributed by atoms with E-state index in [9.17, 15) is 4.79 Å². The van der Waals surface area contributed by atoms with Crippen molar-refractivity contribution in [3.8, 4) is 5.75 Å². The van der Waals surface area contributed by atoms with Gasteiger partial charge in [-0.1, -0.05) is 24.3 Å². The quantitative estimate of drug-likeness (QED) is 0.304. The minimum atomic E-state index is 0. The Morgan fingerprint density at radius 2 is 1.87 bits per heavy atom. The molecule has 0 aliphatic carbocycles. The molecule has 1 aliphatic rings. The lowest BCUT2D eigenvalue weighted by molar-refractivity contribution is -0.117. The number of methoxy groups -OCH3 is 1. The number of benzene rings is 2. The van der Waals surface area contributed by atoms with E-state index in [1.54, 1.807) is 7.11 Å². The molecule has 0 saturated carbocycles. The van der Waals surface area contributed by atoms with Crippen LogP contribution in [0, 0.1) is 6.92 Å². The second-order valence-electron chi connectivity index (χ2n) is 7.49. The smallest absolute Gasteiger partial charge is 0.227 e. The van der Waals surface area contributed by atoms with Crippen LogP contribution in [0.15, 0.2) is 47.5 Å². The van der Waals surface area contributed by atoms with E-state index in [1.807, 2.05) is 36.1 Å². The number of aliphatic imine (C=N–C) groups is 1. The average molecular weight is 536 g/mol. The van der Waals surface area contributed by atoms with E-state index in [0.717, 1.165) is 61.0 Å². The van der Waals surface area contributed by atoms with E-state index in [2.05, 4.69) is 35.8 Å². The van der Waals surface area contributed by atoms with E-state index in [1.165, 1.54) is 5.56 Å². The molecule has 7 heteroatoms. The molecule has 2 aromatic carbocycles. The maximum absolute atomic E-state index is 11.9. The monoisotopic (exact) mass is 536 g/mol. The van der Waals surface area contributed by atoms with Crippen molar-refractivity contribution in [3.05, 3.63) is 59.2 Å². The zero-order chi connectivity index (χ0) is 21.3. The molecule has 0 spiro atoms. The summed E-state index contributed by atoms with van der Waals surface area (Å²) in [7, 11) is 1.70. The van der Waals surface area contributed by atoms with Gasteiger partial charge in [-0.05, 0) is 61.6 Å². The van der Waals surface area contributed by atoms with Gasteiger partial charge >= 0.3 is 0 Å². The molecular formula is C24H33IN4O2. The highest BCUT2D eigenvalue weighted by Crippen LogP contribution is 2.22. The Labute approximate surface area is 202 Å². The Morgan fingerprint density at radius 1 is 1.13 bits per heavy atom. The van der Waals surface area contributed by atoms with Crippen LogP contribution >= 0.6 is 24.0 Å². The summed E-state index contributed by atoms with van der Waals surface area (Å²) >= 11 is 0. The number of hydrogen-bond acceptors (Lipinski definition) is 3. The lowest BCUT2D eigenvalue weighted by Gasteiger charge is -2.16. The number of halogens is 1. The Morgan fingerprint density at radius 3 is 2.52 bits per heavy atom. The fraction of sp³-hybridized carbons (Fsp3) is 0.417. The average Bonchev–Trinajstić information content (AvgIpc) is 3.19. The third-order valence-electron chi connectivity index (χ3n) is 5.26. The molecule has 0 radical (unpaired) electrons. The maximum Gasteiger partial charge on any atom is 0.227 e. The summed E-state index contributed by atoms with van der Waals surface area (Å²) in [6.07, 6.45) is 2.48. The molecule has 2 N–H and O–H groups in total. The van der Waals surface area contributed by atoms with Crippen molar-refractivity contribution in [2.75, 3.05) is 31.6 Å². The number of hydrogen-bond donors (Lipinski definition) is 2. The Balaban J connectivity index is 0.00000341. The van der Waals surface area contributed by atoms with Crippen LogP contribution in [0.1, 0.15) is 36.5 Å². The van der Waals surface area contributed by atoms with Crippen LogP contribution in [0.2, 0.25) is 0 Å². The van der Waals surface area contributed by atoms with Crippen LogP contribution < -0.4 is 20.3 Å². The zero-order valence-electron chi connectivity index (χ0n) is 18.6. The predicted octanol–water partition coefficient (Wildman–Crippen LogP) is 4.05. The summed E-state index contributed by atoms with van der Waals surface area (Å²) in [6, 6.07) is 14.4. The number of nitrogens with one attached hydrogen (secondary N) is 2. The van der Waals surface area contributed by atoms with E-state index in [4.69, 9.17) is 9.73 Å². The van der Waals surface area contributed by atoms with E-state index in [0.29, 0.717) is 13.0 Å². The molecule has 1 amide bonds. The Kier molecular flexibility index (Phi) is 10.1. The van der Waals surface area contributed by atoms with Crippen LogP contribution in [0.4, 0.5) is 5.69 Å². The Bertz CT molecular complexity index is 884. The lowest BCUT2D eigenvalue weighted by atomic mass is 10.1. The molecule has 1 fully saturated rings. The number of anilines is 1. The normalized spacial score (nSPS) is 13.7. The van der Waals surface area contributed by atoms with Gasteiger partial charge in [-0.2, -0.15) is 0 Å². The van der Waals surface area contributed by atoms with Gasteiger partial charge in [0.05, 0.1) is 13.7 Å². The number of rotatable bonds is 8. The molecule has 1 heterocycles. The largest absolute Gasteiger partial charge is 0.496 e. The first-order valence-electron chi connectivity index (χ1n) is 10.7. The molecule has 0 bridgehead atoms. The highest BCUT2D eigenvalue weighted by molar-refractivity contribution is 14.0. The lowest BCUT2D eigenvalue weighted by Crippen LogP contribution is -2.38. The highest BCUT2D eigenvalue weighted by Gasteiger charge is 2.21.